The predicted octanol–water partition coefficient (Wildman–Crippen LogP) is 3.78. The number of hydrogen-bond donors (Lipinski definition) is 1. The van der Waals surface area contributed by atoms with Gasteiger partial charge in [0, 0.05) is 11.5 Å². The number of nitrogens with zero attached hydrogens (tertiary/aromatic N) is 1. The monoisotopic (exact) mass is 325 g/mol. The van der Waals surface area contributed by atoms with E-state index in [9.17, 15) is 5.11 Å². The standard InChI is InChI=1S/C21H27NO2/c1-22(2)15-8-14-21(23)18(17-9-4-3-5-10-17)13-16-24-20-12-7-6-11-19(20)21/h3-7,9-12,18,23H,8,13-16H2,1-2H3/t18-,21+/m1/s1. The van der Waals surface area contributed by atoms with Gasteiger partial charge in [0.2, 0.25) is 0 Å². The van der Waals surface area contributed by atoms with Gasteiger partial charge in [0.25, 0.3) is 0 Å². The fourth-order valence-electron chi connectivity index (χ4n) is 3.76. The van der Waals surface area contributed by atoms with E-state index in [0.29, 0.717) is 6.61 Å². The first-order valence-corrected chi connectivity index (χ1v) is 8.75. The Labute approximate surface area is 144 Å². The molecule has 0 aromatic heterocycles. The summed E-state index contributed by atoms with van der Waals surface area (Å²) >= 11 is 0. The summed E-state index contributed by atoms with van der Waals surface area (Å²) < 4.78 is 5.95. The summed E-state index contributed by atoms with van der Waals surface area (Å²) in [4.78, 5) is 2.17. The molecular formula is C21H27NO2. The van der Waals surface area contributed by atoms with Crippen LogP contribution in [0.15, 0.2) is 54.6 Å². The first-order chi connectivity index (χ1) is 11.6. The SMILES string of the molecule is CN(C)CCC[C@@]1(O)c2ccccc2OCC[C@@H]1c1ccccc1. The van der Waals surface area contributed by atoms with Gasteiger partial charge in [0.1, 0.15) is 11.4 Å². The normalized spacial score (nSPS) is 23.4. The molecule has 24 heavy (non-hydrogen) atoms. The van der Waals surface area contributed by atoms with Crippen LogP contribution in [0.1, 0.15) is 36.3 Å². The van der Waals surface area contributed by atoms with Crippen LogP contribution in [-0.4, -0.2) is 37.3 Å². The second-order valence-corrected chi connectivity index (χ2v) is 6.93. The highest BCUT2D eigenvalue weighted by Crippen LogP contribution is 2.47. The third-order valence-corrected chi connectivity index (χ3v) is 4.96. The first kappa shape index (κ1) is 17.0. The first-order valence-electron chi connectivity index (χ1n) is 8.75. The molecule has 0 aliphatic carbocycles. The van der Waals surface area contributed by atoms with Gasteiger partial charge in [-0.1, -0.05) is 48.5 Å². The topological polar surface area (TPSA) is 32.7 Å². The van der Waals surface area contributed by atoms with E-state index in [1.54, 1.807) is 0 Å². The van der Waals surface area contributed by atoms with Crippen molar-refractivity contribution in [2.75, 3.05) is 27.2 Å². The molecule has 3 heteroatoms. The molecule has 1 heterocycles. The maximum Gasteiger partial charge on any atom is 0.125 e. The lowest BCUT2D eigenvalue weighted by Crippen LogP contribution is -2.34. The van der Waals surface area contributed by atoms with Crippen molar-refractivity contribution >= 4 is 0 Å². The molecule has 0 spiro atoms. The molecule has 3 nitrogen and oxygen atoms in total. The highest BCUT2D eigenvalue weighted by Gasteiger charge is 2.42. The van der Waals surface area contributed by atoms with Gasteiger partial charge in [-0.2, -0.15) is 0 Å². The second kappa shape index (κ2) is 7.37. The van der Waals surface area contributed by atoms with Crippen molar-refractivity contribution in [2.24, 2.45) is 0 Å². The summed E-state index contributed by atoms with van der Waals surface area (Å²) in [7, 11) is 4.14. The molecule has 0 saturated heterocycles. The average Bonchev–Trinajstić information content (AvgIpc) is 2.73. The number of rotatable bonds is 5. The molecule has 1 aliphatic heterocycles. The van der Waals surface area contributed by atoms with E-state index in [1.165, 1.54) is 5.56 Å². The quantitative estimate of drug-likeness (QED) is 0.908. The van der Waals surface area contributed by atoms with Gasteiger partial charge in [-0.25, -0.2) is 0 Å². The molecule has 0 bridgehead atoms. The van der Waals surface area contributed by atoms with Crippen molar-refractivity contribution < 1.29 is 9.84 Å². The molecule has 2 atom stereocenters. The van der Waals surface area contributed by atoms with Gasteiger partial charge in [0.15, 0.2) is 0 Å². The van der Waals surface area contributed by atoms with Crippen LogP contribution in [-0.2, 0) is 5.60 Å². The summed E-state index contributed by atoms with van der Waals surface area (Å²) in [6.45, 7) is 1.60. The summed E-state index contributed by atoms with van der Waals surface area (Å²) in [5.41, 5.74) is 1.21. The Kier molecular flexibility index (Phi) is 5.22. The fraction of sp³-hybridized carbons (Fsp3) is 0.429. The minimum Gasteiger partial charge on any atom is -0.493 e. The lowest BCUT2D eigenvalue weighted by molar-refractivity contribution is -0.00492. The van der Waals surface area contributed by atoms with Crippen LogP contribution in [0.2, 0.25) is 0 Å². The van der Waals surface area contributed by atoms with E-state index < -0.39 is 5.60 Å². The smallest absolute Gasteiger partial charge is 0.125 e. The predicted molar refractivity (Wildman–Crippen MR) is 97.4 cm³/mol. The zero-order valence-electron chi connectivity index (χ0n) is 14.6. The Balaban J connectivity index is 2.00. The van der Waals surface area contributed by atoms with Crippen LogP contribution in [0.3, 0.4) is 0 Å². The third kappa shape index (κ3) is 3.47. The van der Waals surface area contributed by atoms with E-state index >= 15 is 0 Å². The molecule has 0 amide bonds. The maximum absolute atomic E-state index is 11.8. The Bertz CT molecular complexity index is 656. The molecule has 1 N–H and O–H groups in total. The highest BCUT2D eigenvalue weighted by atomic mass is 16.5. The van der Waals surface area contributed by atoms with Gasteiger partial charge in [-0.3, -0.25) is 0 Å². The Hall–Kier alpha value is -1.84. The van der Waals surface area contributed by atoms with Crippen LogP contribution in [0.25, 0.3) is 0 Å². The number of para-hydroxylation sites is 1. The molecule has 128 valence electrons. The van der Waals surface area contributed by atoms with Gasteiger partial charge in [-0.05, 0) is 51.5 Å². The Morgan fingerprint density at radius 1 is 1.08 bits per heavy atom. The molecule has 2 aromatic rings. The van der Waals surface area contributed by atoms with Crippen molar-refractivity contribution in [3.8, 4) is 5.75 Å². The summed E-state index contributed by atoms with van der Waals surface area (Å²) in [5.74, 6) is 0.868. The number of ether oxygens (including phenoxy) is 1. The summed E-state index contributed by atoms with van der Waals surface area (Å²) in [6.07, 6.45) is 2.49. The van der Waals surface area contributed by atoms with Crippen molar-refractivity contribution in [1.29, 1.82) is 0 Å². The molecule has 0 unspecified atom stereocenters. The second-order valence-electron chi connectivity index (χ2n) is 6.93. The van der Waals surface area contributed by atoms with Crippen LogP contribution in [0.4, 0.5) is 0 Å². The Morgan fingerprint density at radius 3 is 2.54 bits per heavy atom. The fourth-order valence-corrected chi connectivity index (χ4v) is 3.76. The summed E-state index contributed by atoms with van der Waals surface area (Å²) in [6, 6.07) is 18.3. The van der Waals surface area contributed by atoms with Gasteiger partial charge in [0.05, 0.1) is 6.61 Å². The lowest BCUT2D eigenvalue weighted by atomic mass is 9.73. The van der Waals surface area contributed by atoms with Crippen molar-refractivity contribution in [1.82, 2.24) is 4.90 Å². The number of benzene rings is 2. The van der Waals surface area contributed by atoms with Crippen LogP contribution in [0.5, 0.6) is 5.75 Å². The van der Waals surface area contributed by atoms with Crippen LogP contribution >= 0.6 is 0 Å². The minimum absolute atomic E-state index is 0.0458. The van der Waals surface area contributed by atoms with Gasteiger partial charge >= 0.3 is 0 Å². The third-order valence-electron chi connectivity index (χ3n) is 4.96. The van der Waals surface area contributed by atoms with E-state index in [1.807, 2.05) is 42.5 Å². The molecule has 3 rings (SSSR count). The van der Waals surface area contributed by atoms with Gasteiger partial charge in [-0.15, -0.1) is 0 Å². The van der Waals surface area contributed by atoms with Crippen LogP contribution in [0, 0.1) is 0 Å². The zero-order chi connectivity index (χ0) is 17.0. The van der Waals surface area contributed by atoms with Gasteiger partial charge < -0.3 is 14.7 Å². The largest absolute Gasteiger partial charge is 0.493 e. The minimum atomic E-state index is -0.898. The molecular weight excluding hydrogens is 298 g/mol. The molecule has 1 aliphatic rings. The van der Waals surface area contributed by atoms with Crippen molar-refractivity contribution in [3.63, 3.8) is 0 Å². The number of fused-ring (bicyclic) bond motifs is 1. The maximum atomic E-state index is 11.8. The van der Waals surface area contributed by atoms with Crippen molar-refractivity contribution in [2.45, 2.75) is 30.8 Å². The number of hydrogen-bond acceptors (Lipinski definition) is 3. The highest BCUT2D eigenvalue weighted by molar-refractivity contribution is 5.42. The van der Waals surface area contributed by atoms with E-state index in [0.717, 1.165) is 37.1 Å². The molecule has 0 radical (unpaired) electrons. The number of aliphatic hydroxyl groups is 1. The summed E-state index contributed by atoms with van der Waals surface area (Å²) in [5, 5.41) is 11.8. The average molecular weight is 325 g/mol. The van der Waals surface area contributed by atoms with E-state index in [2.05, 4.69) is 31.1 Å². The lowest BCUT2D eigenvalue weighted by Gasteiger charge is -2.36. The van der Waals surface area contributed by atoms with Crippen LogP contribution < -0.4 is 4.74 Å². The molecule has 2 aromatic carbocycles. The Morgan fingerprint density at radius 2 is 1.79 bits per heavy atom. The van der Waals surface area contributed by atoms with Crippen molar-refractivity contribution in [3.05, 3.63) is 65.7 Å². The molecule has 0 fully saturated rings. The van der Waals surface area contributed by atoms with E-state index in [-0.39, 0.29) is 5.92 Å². The zero-order valence-corrected chi connectivity index (χ0v) is 14.6. The molecule has 0 saturated carbocycles. The van der Waals surface area contributed by atoms with E-state index in [4.69, 9.17) is 4.74 Å².